The zero-order valence-electron chi connectivity index (χ0n) is 21.8. The number of nitrogens with two attached hydrogens (primary N) is 1. The minimum Gasteiger partial charge on any atom is -0.341 e. The number of aryl methyl sites for hydroxylation is 2. The van der Waals surface area contributed by atoms with E-state index >= 15 is 0 Å². The van der Waals surface area contributed by atoms with Gasteiger partial charge in [-0.15, -0.1) is 0 Å². The van der Waals surface area contributed by atoms with Gasteiger partial charge in [0, 0.05) is 32.1 Å². The molecule has 1 unspecified atom stereocenters. The molecule has 2 aromatic heterocycles. The third-order valence-electron chi connectivity index (χ3n) is 7.01. The molecule has 7 nitrogen and oxygen atoms in total. The molecule has 4 aromatic rings. The van der Waals surface area contributed by atoms with Crippen molar-refractivity contribution in [2.24, 2.45) is 5.73 Å². The van der Waals surface area contributed by atoms with Crippen LogP contribution in [0.5, 0.6) is 0 Å². The molecule has 2 N–H and O–H groups in total. The fraction of sp³-hybridized carbons (Fsp3) is 0.367. The Bertz CT molecular complexity index is 1430. The van der Waals surface area contributed by atoms with Crippen molar-refractivity contribution in [2.45, 2.75) is 58.7 Å². The summed E-state index contributed by atoms with van der Waals surface area (Å²) in [5, 5.41) is 0. The number of rotatable bonds is 8. The van der Waals surface area contributed by atoms with Crippen LogP contribution in [0.4, 0.5) is 5.95 Å². The summed E-state index contributed by atoms with van der Waals surface area (Å²) in [6.45, 7) is 6.76. The van der Waals surface area contributed by atoms with Gasteiger partial charge < -0.3 is 10.6 Å². The molecule has 1 saturated heterocycles. The van der Waals surface area contributed by atoms with Crippen molar-refractivity contribution in [1.29, 1.82) is 0 Å². The number of piperidine rings is 1. The van der Waals surface area contributed by atoms with Crippen molar-refractivity contribution >= 4 is 17.1 Å². The molecular weight excluding hydrogens is 460 g/mol. The third kappa shape index (κ3) is 5.67. The van der Waals surface area contributed by atoms with Gasteiger partial charge in [-0.05, 0) is 44.2 Å². The van der Waals surface area contributed by atoms with Gasteiger partial charge in [0.05, 0.1) is 6.54 Å². The molecule has 192 valence electrons. The van der Waals surface area contributed by atoms with Crippen LogP contribution in [0.2, 0.25) is 0 Å². The molecule has 5 rings (SSSR count). The Hall–Kier alpha value is -3.71. The van der Waals surface area contributed by atoms with Crippen molar-refractivity contribution in [1.82, 2.24) is 19.1 Å². The van der Waals surface area contributed by atoms with Gasteiger partial charge >= 0.3 is 0 Å². The number of imidazole rings is 1. The van der Waals surface area contributed by atoms with E-state index in [0.29, 0.717) is 30.7 Å². The van der Waals surface area contributed by atoms with Gasteiger partial charge in [0.2, 0.25) is 5.95 Å². The molecule has 0 aliphatic carbocycles. The second-order valence-corrected chi connectivity index (χ2v) is 10.2. The van der Waals surface area contributed by atoms with Crippen LogP contribution in [-0.2, 0) is 25.9 Å². The highest BCUT2D eigenvalue weighted by Gasteiger charge is 2.26. The molecule has 1 fully saturated rings. The number of allylic oxidation sites excluding steroid dienone is 2. The molecule has 3 heterocycles. The summed E-state index contributed by atoms with van der Waals surface area (Å²) >= 11 is 0. The molecule has 1 aliphatic rings. The second kappa shape index (κ2) is 11.1. The van der Waals surface area contributed by atoms with E-state index in [1.54, 1.807) is 0 Å². The SMILES string of the molecule is CC(C)=CCn1c(CCc2ccccc2)nc2nc(N3CCCC(N)C3)n(Cc3ccccc3)c2c1=O. The Morgan fingerprint density at radius 2 is 1.68 bits per heavy atom. The molecule has 2 aromatic carbocycles. The highest BCUT2D eigenvalue weighted by Crippen LogP contribution is 2.24. The van der Waals surface area contributed by atoms with Crippen LogP contribution in [0.15, 0.2) is 77.1 Å². The van der Waals surface area contributed by atoms with E-state index in [4.69, 9.17) is 15.7 Å². The van der Waals surface area contributed by atoms with Crippen LogP contribution >= 0.6 is 0 Å². The predicted octanol–water partition coefficient (Wildman–Crippen LogP) is 4.32. The maximum absolute atomic E-state index is 14.1. The van der Waals surface area contributed by atoms with Gasteiger partial charge in [0.25, 0.3) is 5.56 Å². The lowest BCUT2D eigenvalue weighted by molar-refractivity contribution is 0.495. The van der Waals surface area contributed by atoms with Gasteiger partial charge in [0.1, 0.15) is 5.82 Å². The lowest BCUT2D eigenvalue weighted by Gasteiger charge is -2.31. The molecule has 0 radical (unpaired) electrons. The first-order valence-electron chi connectivity index (χ1n) is 13.2. The summed E-state index contributed by atoms with van der Waals surface area (Å²) < 4.78 is 3.88. The normalized spacial score (nSPS) is 15.8. The first-order valence-corrected chi connectivity index (χ1v) is 13.2. The molecule has 0 amide bonds. The maximum atomic E-state index is 14.1. The zero-order valence-corrected chi connectivity index (χ0v) is 21.8. The first-order chi connectivity index (χ1) is 18.0. The highest BCUT2D eigenvalue weighted by molar-refractivity contribution is 5.74. The van der Waals surface area contributed by atoms with Gasteiger partial charge in [-0.1, -0.05) is 72.3 Å². The smallest absolute Gasteiger partial charge is 0.280 e. The second-order valence-electron chi connectivity index (χ2n) is 10.2. The fourth-order valence-electron chi connectivity index (χ4n) is 5.05. The summed E-state index contributed by atoms with van der Waals surface area (Å²) in [4.78, 5) is 26.3. The summed E-state index contributed by atoms with van der Waals surface area (Å²) in [5.74, 6) is 1.55. The number of anilines is 1. The van der Waals surface area contributed by atoms with Crippen LogP contribution in [-0.4, -0.2) is 38.2 Å². The molecule has 0 spiro atoms. The number of benzene rings is 2. The Labute approximate surface area is 218 Å². The molecule has 7 heteroatoms. The van der Waals surface area contributed by atoms with Crippen molar-refractivity contribution < 1.29 is 0 Å². The molecule has 37 heavy (non-hydrogen) atoms. The Morgan fingerprint density at radius 1 is 0.973 bits per heavy atom. The van der Waals surface area contributed by atoms with Crippen LogP contribution in [0.1, 0.15) is 43.6 Å². The number of hydrogen-bond acceptors (Lipinski definition) is 5. The predicted molar refractivity (Wildman–Crippen MR) is 150 cm³/mol. The average Bonchev–Trinajstić information content (AvgIpc) is 3.26. The zero-order chi connectivity index (χ0) is 25.8. The minimum absolute atomic E-state index is 0.0402. The van der Waals surface area contributed by atoms with Gasteiger partial charge in [-0.25, -0.2) is 4.98 Å². The van der Waals surface area contributed by atoms with E-state index < -0.39 is 0 Å². The van der Waals surface area contributed by atoms with E-state index in [-0.39, 0.29) is 11.6 Å². The number of aromatic nitrogens is 4. The standard InChI is InChI=1S/C30H36N6O/c1-22(2)17-19-35-26(16-15-23-10-5-3-6-11-23)32-28-27(29(35)37)36(20-24-12-7-4-8-13-24)30(33-28)34-18-9-14-25(31)21-34/h3-8,10-13,17,25H,9,14-16,18-21,31H2,1-2H3. The van der Waals surface area contributed by atoms with Gasteiger partial charge in [0.15, 0.2) is 11.2 Å². The summed E-state index contributed by atoms with van der Waals surface area (Å²) in [6, 6.07) is 20.7. The largest absolute Gasteiger partial charge is 0.341 e. The summed E-state index contributed by atoms with van der Waals surface area (Å²) in [6.07, 6.45) is 5.58. The lowest BCUT2D eigenvalue weighted by atomic mass is 10.1. The maximum Gasteiger partial charge on any atom is 0.280 e. The van der Waals surface area contributed by atoms with Crippen molar-refractivity contribution in [3.63, 3.8) is 0 Å². The minimum atomic E-state index is -0.0402. The van der Waals surface area contributed by atoms with Gasteiger partial charge in [-0.2, -0.15) is 4.98 Å². The quantitative estimate of drug-likeness (QED) is 0.368. The van der Waals surface area contributed by atoms with Crippen LogP contribution < -0.4 is 16.2 Å². The number of nitrogens with zero attached hydrogens (tertiary/aromatic N) is 5. The van der Waals surface area contributed by atoms with Crippen LogP contribution in [0.25, 0.3) is 11.2 Å². The van der Waals surface area contributed by atoms with E-state index in [1.165, 1.54) is 11.1 Å². The Balaban J connectivity index is 1.64. The molecule has 1 aliphatic heterocycles. The van der Waals surface area contributed by atoms with Crippen molar-refractivity contribution in [3.8, 4) is 0 Å². The molecular formula is C30H36N6O. The average molecular weight is 497 g/mol. The Morgan fingerprint density at radius 3 is 2.35 bits per heavy atom. The lowest BCUT2D eigenvalue weighted by Crippen LogP contribution is -2.44. The summed E-state index contributed by atoms with van der Waals surface area (Å²) in [5.41, 5.74) is 10.9. The molecule has 0 bridgehead atoms. The summed E-state index contributed by atoms with van der Waals surface area (Å²) in [7, 11) is 0. The molecule has 0 saturated carbocycles. The fourth-order valence-corrected chi connectivity index (χ4v) is 5.05. The van der Waals surface area contributed by atoms with E-state index in [0.717, 1.165) is 49.7 Å². The van der Waals surface area contributed by atoms with E-state index in [1.807, 2.05) is 41.0 Å². The number of fused-ring (bicyclic) bond motifs is 1. The van der Waals surface area contributed by atoms with Crippen LogP contribution in [0, 0.1) is 0 Å². The topological polar surface area (TPSA) is 82.0 Å². The third-order valence-corrected chi connectivity index (χ3v) is 7.01. The van der Waals surface area contributed by atoms with Crippen molar-refractivity contribution in [2.75, 3.05) is 18.0 Å². The van der Waals surface area contributed by atoms with E-state index in [2.05, 4.69) is 53.7 Å². The number of hydrogen-bond donors (Lipinski definition) is 1. The Kier molecular flexibility index (Phi) is 7.51. The van der Waals surface area contributed by atoms with E-state index in [9.17, 15) is 4.79 Å². The first kappa shape index (κ1) is 25.0. The van der Waals surface area contributed by atoms with Crippen LogP contribution in [0.3, 0.4) is 0 Å². The monoisotopic (exact) mass is 496 g/mol. The molecule has 1 atom stereocenters. The van der Waals surface area contributed by atoms with Gasteiger partial charge in [-0.3, -0.25) is 13.9 Å². The highest BCUT2D eigenvalue weighted by atomic mass is 16.1. The van der Waals surface area contributed by atoms with Crippen molar-refractivity contribution in [3.05, 3.63) is 99.6 Å².